The average molecular weight is 309 g/mol. The summed E-state index contributed by atoms with van der Waals surface area (Å²) < 4.78 is 13.8. The molecule has 0 saturated carbocycles. The fraction of sp³-hybridized carbons (Fsp3) is 0.438. The van der Waals surface area contributed by atoms with Crippen molar-refractivity contribution in [1.82, 2.24) is 5.32 Å². The fourth-order valence-electron chi connectivity index (χ4n) is 1.67. The van der Waals surface area contributed by atoms with E-state index in [9.17, 15) is 9.18 Å². The van der Waals surface area contributed by atoms with E-state index in [-0.39, 0.29) is 18.2 Å². The highest BCUT2D eigenvalue weighted by molar-refractivity contribution is 7.98. The summed E-state index contributed by atoms with van der Waals surface area (Å²) in [5.74, 6) is 5.50. The number of rotatable bonds is 6. The molecule has 1 aromatic carbocycles. The molecule has 0 spiro atoms. The molecule has 21 heavy (non-hydrogen) atoms. The first-order valence-electron chi connectivity index (χ1n) is 6.77. The number of hydrogen-bond acceptors (Lipinski definition) is 3. The van der Waals surface area contributed by atoms with Gasteiger partial charge in [0.1, 0.15) is 5.82 Å². The molecule has 0 saturated heterocycles. The number of hydrogen-bond donors (Lipinski definition) is 2. The lowest BCUT2D eigenvalue weighted by Crippen LogP contribution is -2.33. The Morgan fingerprint density at radius 3 is 2.95 bits per heavy atom. The maximum Gasteiger partial charge on any atom is 0.254 e. The van der Waals surface area contributed by atoms with Gasteiger partial charge in [-0.1, -0.05) is 11.8 Å². The van der Waals surface area contributed by atoms with Crippen LogP contribution in [0.4, 0.5) is 4.39 Å². The second kappa shape index (κ2) is 9.43. The van der Waals surface area contributed by atoms with Crippen LogP contribution in [0.2, 0.25) is 0 Å². The van der Waals surface area contributed by atoms with Crippen molar-refractivity contribution in [2.24, 2.45) is 0 Å². The average Bonchev–Trinajstić information content (AvgIpc) is 2.47. The zero-order chi connectivity index (χ0) is 15.7. The Kier molecular flexibility index (Phi) is 7.88. The molecule has 1 aromatic rings. The minimum Gasteiger partial charge on any atom is -0.395 e. The van der Waals surface area contributed by atoms with Crippen molar-refractivity contribution in [3.63, 3.8) is 0 Å². The van der Waals surface area contributed by atoms with Gasteiger partial charge in [-0.3, -0.25) is 4.79 Å². The minimum atomic E-state index is -0.558. The largest absolute Gasteiger partial charge is 0.395 e. The second-order valence-corrected chi connectivity index (χ2v) is 5.61. The van der Waals surface area contributed by atoms with Gasteiger partial charge in [-0.25, -0.2) is 4.39 Å². The van der Waals surface area contributed by atoms with Gasteiger partial charge in [0.2, 0.25) is 0 Å². The summed E-state index contributed by atoms with van der Waals surface area (Å²) >= 11 is 1.71. The zero-order valence-corrected chi connectivity index (χ0v) is 13.1. The topological polar surface area (TPSA) is 49.3 Å². The molecule has 0 heterocycles. The van der Waals surface area contributed by atoms with E-state index >= 15 is 0 Å². The lowest BCUT2D eigenvalue weighted by atomic mass is 10.1. The van der Waals surface area contributed by atoms with Gasteiger partial charge < -0.3 is 10.4 Å². The van der Waals surface area contributed by atoms with E-state index in [1.54, 1.807) is 11.8 Å². The Hall–Kier alpha value is -1.51. The molecule has 1 amide bonds. The van der Waals surface area contributed by atoms with Gasteiger partial charge >= 0.3 is 0 Å². The molecule has 1 unspecified atom stereocenters. The number of nitrogens with one attached hydrogen (secondary N) is 1. The van der Waals surface area contributed by atoms with Crippen LogP contribution in [0, 0.1) is 17.7 Å². The van der Waals surface area contributed by atoms with Gasteiger partial charge in [0.05, 0.1) is 12.2 Å². The van der Waals surface area contributed by atoms with Crippen LogP contribution in [0.25, 0.3) is 0 Å². The highest BCUT2D eigenvalue weighted by Crippen LogP contribution is 2.11. The van der Waals surface area contributed by atoms with Crippen LogP contribution in [0.1, 0.15) is 35.7 Å². The summed E-state index contributed by atoms with van der Waals surface area (Å²) in [6.45, 7) is 1.88. The first kappa shape index (κ1) is 17.5. The number of aliphatic hydroxyl groups is 1. The predicted molar refractivity (Wildman–Crippen MR) is 84.9 cm³/mol. The van der Waals surface area contributed by atoms with Gasteiger partial charge in [-0.2, -0.15) is 11.8 Å². The number of amides is 1. The van der Waals surface area contributed by atoms with Crippen molar-refractivity contribution in [1.29, 1.82) is 0 Å². The third-order valence-corrected chi connectivity index (χ3v) is 3.46. The first-order chi connectivity index (χ1) is 10.1. The highest BCUT2D eigenvalue weighted by atomic mass is 32.2. The molecule has 0 aliphatic carbocycles. The van der Waals surface area contributed by atoms with E-state index in [1.165, 1.54) is 18.2 Å². The molecule has 0 aromatic heterocycles. The van der Waals surface area contributed by atoms with Crippen molar-refractivity contribution in [3.05, 3.63) is 35.1 Å². The van der Waals surface area contributed by atoms with Gasteiger partial charge in [-0.05, 0) is 43.6 Å². The Labute approximate surface area is 129 Å². The number of thioether (sulfide) groups is 1. The van der Waals surface area contributed by atoms with Crippen molar-refractivity contribution in [2.75, 3.05) is 18.6 Å². The van der Waals surface area contributed by atoms with Crippen LogP contribution in [0.15, 0.2) is 18.2 Å². The third-order valence-electron chi connectivity index (χ3n) is 2.81. The minimum absolute atomic E-state index is 0.00167. The van der Waals surface area contributed by atoms with Crippen molar-refractivity contribution in [2.45, 2.75) is 25.8 Å². The molecule has 0 fully saturated rings. The van der Waals surface area contributed by atoms with E-state index < -0.39 is 11.7 Å². The molecule has 3 nitrogen and oxygen atoms in total. The normalized spacial score (nSPS) is 11.4. The second-order valence-electron chi connectivity index (χ2n) is 4.63. The summed E-state index contributed by atoms with van der Waals surface area (Å²) in [7, 11) is 0. The number of carbonyl (C=O) groups excluding carboxylic acids is 1. The Balaban J connectivity index is 2.79. The van der Waals surface area contributed by atoms with Crippen LogP contribution < -0.4 is 5.32 Å². The molecule has 0 aliphatic rings. The van der Waals surface area contributed by atoms with E-state index in [4.69, 9.17) is 5.11 Å². The summed E-state index contributed by atoms with van der Waals surface area (Å²) in [5, 5.41) is 11.5. The van der Waals surface area contributed by atoms with E-state index in [2.05, 4.69) is 17.2 Å². The molecule has 0 radical (unpaired) electrons. The Bertz CT molecular complexity index is 537. The van der Waals surface area contributed by atoms with Crippen LogP contribution in [-0.4, -0.2) is 35.7 Å². The van der Waals surface area contributed by atoms with E-state index in [0.717, 1.165) is 12.2 Å². The highest BCUT2D eigenvalue weighted by Gasteiger charge is 2.14. The number of aliphatic hydroxyl groups excluding tert-OH is 1. The SMILES string of the molecule is CSCCC(C)NC(=O)c1cc(C#CCCO)ccc1F. The van der Waals surface area contributed by atoms with Crippen molar-refractivity contribution in [3.8, 4) is 11.8 Å². The lowest BCUT2D eigenvalue weighted by molar-refractivity contribution is 0.0935. The van der Waals surface area contributed by atoms with Gasteiger partial charge in [0, 0.05) is 18.0 Å². The molecule has 2 N–H and O–H groups in total. The smallest absolute Gasteiger partial charge is 0.254 e. The van der Waals surface area contributed by atoms with Gasteiger partial charge in [0.25, 0.3) is 5.91 Å². The molecule has 1 atom stereocenters. The molecular weight excluding hydrogens is 289 g/mol. The van der Waals surface area contributed by atoms with E-state index in [0.29, 0.717) is 12.0 Å². The van der Waals surface area contributed by atoms with Gasteiger partial charge in [-0.15, -0.1) is 0 Å². The Morgan fingerprint density at radius 1 is 1.52 bits per heavy atom. The summed E-state index contributed by atoms with van der Waals surface area (Å²) in [4.78, 5) is 12.1. The predicted octanol–water partition coefficient (Wildman–Crippen LogP) is 2.43. The third kappa shape index (κ3) is 6.19. The van der Waals surface area contributed by atoms with Crippen molar-refractivity contribution < 1.29 is 14.3 Å². The number of carbonyl (C=O) groups is 1. The van der Waals surface area contributed by atoms with Crippen LogP contribution in [0.3, 0.4) is 0 Å². The lowest BCUT2D eigenvalue weighted by Gasteiger charge is -2.13. The number of halogens is 1. The summed E-state index contributed by atoms with van der Waals surface area (Å²) in [6.07, 6.45) is 3.19. The fourth-order valence-corrected chi connectivity index (χ4v) is 2.26. The summed E-state index contributed by atoms with van der Waals surface area (Å²) in [6, 6.07) is 4.20. The first-order valence-corrected chi connectivity index (χ1v) is 8.17. The van der Waals surface area contributed by atoms with E-state index in [1.807, 2.05) is 13.2 Å². The zero-order valence-electron chi connectivity index (χ0n) is 12.3. The maximum atomic E-state index is 13.8. The molecule has 1 rings (SSSR count). The molecule has 0 bridgehead atoms. The maximum absolute atomic E-state index is 13.8. The van der Waals surface area contributed by atoms with Crippen LogP contribution in [-0.2, 0) is 0 Å². The Morgan fingerprint density at radius 2 is 2.29 bits per heavy atom. The molecule has 0 aliphatic heterocycles. The number of benzene rings is 1. The van der Waals surface area contributed by atoms with Crippen molar-refractivity contribution >= 4 is 17.7 Å². The molecule has 114 valence electrons. The van der Waals surface area contributed by atoms with Crippen LogP contribution >= 0.6 is 11.8 Å². The monoisotopic (exact) mass is 309 g/mol. The van der Waals surface area contributed by atoms with Crippen LogP contribution in [0.5, 0.6) is 0 Å². The van der Waals surface area contributed by atoms with Gasteiger partial charge in [0.15, 0.2) is 0 Å². The standard InChI is InChI=1S/C16H20FNO2S/c1-12(8-10-21-2)18-16(20)14-11-13(5-3-4-9-19)6-7-15(14)17/h6-7,11-12,19H,4,8-10H2,1-2H3,(H,18,20). The molecular formula is C16H20FNO2S. The quantitative estimate of drug-likeness (QED) is 0.794. The summed E-state index contributed by atoms with van der Waals surface area (Å²) in [5.41, 5.74) is 0.563. The molecule has 5 heteroatoms.